The predicted molar refractivity (Wildman–Crippen MR) is 42.2 cm³/mol. The molecule has 0 saturated heterocycles. The molecule has 0 aromatic heterocycles. The Morgan fingerprint density at radius 2 is 2.50 bits per heavy atom. The van der Waals surface area contributed by atoms with Crippen LogP contribution in [-0.4, -0.2) is 16.3 Å². The minimum absolute atomic E-state index is 0.0658. The zero-order chi connectivity index (χ0) is 7.56. The topological polar surface area (TPSA) is 37.3 Å². The van der Waals surface area contributed by atoms with E-state index in [0.29, 0.717) is 5.57 Å². The molecule has 1 aliphatic carbocycles. The molecule has 1 unspecified atom stereocenters. The van der Waals surface area contributed by atoms with E-state index in [1.54, 1.807) is 12.2 Å². The smallest absolute Gasteiger partial charge is 0.335 e. The van der Waals surface area contributed by atoms with Crippen LogP contribution in [0.4, 0.5) is 0 Å². The fraction of sp³-hybridized carbons (Fsp3) is 0.286. The lowest BCUT2D eigenvalue weighted by Crippen LogP contribution is -2.05. The van der Waals surface area contributed by atoms with Crippen molar-refractivity contribution in [3.05, 3.63) is 23.8 Å². The molecule has 0 bridgehead atoms. The van der Waals surface area contributed by atoms with Crippen molar-refractivity contribution in [3.8, 4) is 0 Å². The number of carboxylic acids is 1. The molecule has 1 N–H and O–H groups in total. The maximum atomic E-state index is 10.3. The molecule has 1 aliphatic rings. The third kappa shape index (κ3) is 1.64. The second kappa shape index (κ2) is 2.92. The summed E-state index contributed by atoms with van der Waals surface area (Å²) in [5.74, 6) is -0.880. The Morgan fingerprint density at radius 1 is 1.80 bits per heavy atom. The van der Waals surface area contributed by atoms with Gasteiger partial charge in [0.15, 0.2) is 0 Å². The lowest BCUT2D eigenvalue weighted by Gasteiger charge is -2.07. The zero-order valence-electron chi connectivity index (χ0n) is 5.32. The van der Waals surface area contributed by atoms with Crippen LogP contribution in [0.3, 0.4) is 0 Å². The van der Waals surface area contributed by atoms with Crippen LogP contribution in [0.25, 0.3) is 0 Å². The molecule has 2 nitrogen and oxygen atoms in total. The number of carbonyl (C=O) groups is 1. The van der Waals surface area contributed by atoms with Gasteiger partial charge < -0.3 is 5.11 Å². The Labute approximate surface area is 64.7 Å². The number of aliphatic carboxylic acids is 1. The summed E-state index contributed by atoms with van der Waals surface area (Å²) >= 11 is 4.12. The molecule has 54 valence electrons. The van der Waals surface area contributed by atoms with Gasteiger partial charge >= 0.3 is 5.97 Å². The highest BCUT2D eigenvalue weighted by Crippen LogP contribution is 2.14. The van der Waals surface area contributed by atoms with E-state index in [0.717, 1.165) is 6.42 Å². The number of rotatable bonds is 1. The highest BCUT2D eigenvalue weighted by Gasteiger charge is 2.09. The summed E-state index contributed by atoms with van der Waals surface area (Å²) in [4.78, 5) is 10.3. The molecule has 0 radical (unpaired) electrons. The Bertz CT molecular complexity index is 206. The first-order valence-corrected chi connectivity index (χ1v) is 3.51. The minimum Gasteiger partial charge on any atom is -0.478 e. The van der Waals surface area contributed by atoms with Crippen molar-refractivity contribution in [2.75, 3.05) is 0 Å². The van der Waals surface area contributed by atoms with E-state index in [4.69, 9.17) is 5.11 Å². The average Bonchev–Trinajstić information content (AvgIpc) is 1.88. The molecule has 0 aromatic rings. The van der Waals surface area contributed by atoms with Gasteiger partial charge in [0.25, 0.3) is 0 Å². The van der Waals surface area contributed by atoms with Crippen molar-refractivity contribution in [1.29, 1.82) is 0 Å². The predicted octanol–water partition coefficient (Wildman–Crippen LogP) is 1.26. The highest BCUT2D eigenvalue weighted by molar-refractivity contribution is 7.81. The van der Waals surface area contributed by atoms with E-state index in [-0.39, 0.29) is 5.25 Å². The van der Waals surface area contributed by atoms with Crippen molar-refractivity contribution in [2.45, 2.75) is 11.7 Å². The number of carboxylic acid groups (broad SMARTS) is 1. The highest BCUT2D eigenvalue weighted by atomic mass is 32.1. The molecule has 0 spiro atoms. The van der Waals surface area contributed by atoms with Crippen molar-refractivity contribution in [1.82, 2.24) is 0 Å². The molecule has 10 heavy (non-hydrogen) atoms. The molecule has 3 heteroatoms. The van der Waals surface area contributed by atoms with Crippen LogP contribution in [0.15, 0.2) is 23.8 Å². The average molecular weight is 156 g/mol. The van der Waals surface area contributed by atoms with Crippen molar-refractivity contribution in [3.63, 3.8) is 0 Å². The van der Waals surface area contributed by atoms with E-state index < -0.39 is 5.97 Å². The van der Waals surface area contributed by atoms with E-state index in [2.05, 4.69) is 12.6 Å². The normalized spacial score (nSPS) is 24.1. The van der Waals surface area contributed by atoms with Crippen LogP contribution in [0.1, 0.15) is 6.42 Å². The van der Waals surface area contributed by atoms with Crippen LogP contribution in [0.2, 0.25) is 0 Å². The third-order valence-corrected chi connectivity index (χ3v) is 1.65. The molecule has 0 amide bonds. The first kappa shape index (κ1) is 7.41. The summed E-state index contributed by atoms with van der Waals surface area (Å²) in [5.41, 5.74) is 0.339. The fourth-order valence-corrected chi connectivity index (χ4v) is 1.09. The van der Waals surface area contributed by atoms with Crippen LogP contribution < -0.4 is 0 Å². The van der Waals surface area contributed by atoms with Gasteiger partial charge in [-0.25, -0.2) is 4.79 Å². The summed E-state index contributed by atoms with van der Waals surface area (Å²) in [6.45, 7) is 0. The van der Waals surface area contributed by atoms with E-state index in [1.807, 2.05) is 6.08 Å². The zero-order valence-corrected chi connectivity index (χ0v) is 6.21. The monoisotopic (exact) mass is 156 g/mol. The molecule has 0 saturated carbocycles. The quantitative estimate of drug-likeness (QED) is 0.561. The fourth-order valence-electron chi connectivity index (χ4n) is 0.808. The Hall–Kier alpha value is -0.700. The second-order valence-corrected chi connectivity index (χ2v) is 2.80. The molecule has 0 aliphatic heterocycles. The lowest BCUT2D eigenvalue weighted by atomic mass is 10.1. The third-order valence-electron chi connectivity index (χ3n) is 1.29. The number of thiol groups is 1. The van der Waals surface area contributed by atoms with E-state index >= 15 is 0 Å². The van der Waals surface area contributed by atoms with Crippen LogP contribution >= 0.6 is 12.6 Å². The summed E-state index contributed by atoms with van der Waals surface area (Å²) in [5, 5.41) is 8.57. The van der Waals surface area contributed by atoms with Crippen LogP contribution in [0, 0.1) is 0 Å². The van der Waals surface area contributed by atoms with Crippen molar-refractivity contribution >= 4 is 18.6 Å². The molecular formula is C7H8O2S. The summed E-state index contributed by atoms with van der Waals surface area (Å²) in [6.07, 6.45) is 5.89. The van der Waals surface area contributed by atoms with Gasteiger partial charge in [-0.05, 0) is 6.42 Å². The molecule has 1 rings (SSSR count). The molecule has 0 fully saturated rings. The largest absolute Gasteiger partial charge is 0.478 e. The Kier molecular flexibility index (Phi) is 2.17. The molecule has 0 heterocycles. The van der Waals surface area contributed by atoms with Gasteiger partial charge in [0.1, 0.15) is 0 Å². The van der Waals surface area contributed by atoms with Gasteiger partial charge in [-0.1, -0.05) is 18.2 Å². The van der Waals surface area contributed by atoms with Crippen LogP contribution in [0.5, 0.6) is 0 Å². The minimum atomic E-state index is -0.880. The molecule has 1 atom stereocenters. The maximum Gasteiger partial charge on any atom is 0.335 e. The summed E-state index contributed by atoms with van der Waals surface area (Å²) < 4.78 is 0. The van der Waals surface area contributed by atoms with Gasteiger partial charge in [0.2, 0.25) is 0 Å². The Balaban J connectivity index is 2.76. The SMILES string of the molecule is O=C(O)C1=CC(S)CC=C1. The summed E-state index contributed by atoms with van der Waals surface area (Å²) in [6, 6.07) is 0. The van der Waals surface area contributed by atoms with Crippen molar-refractivity contribution in [2.24, 2.45) is 0 Å². The van der Waals surface area contributed by atoms with Gasteiger partial charge in [0.05, 0.1) is 5.57 Å². The Morgan fingerprint density at radius 3 is 2.90 bits per heavy atom. The van der Waals surface area contributed by atoms with Crippen molar-refractivity contribution < 1.29 is 9.90 Å². The van der Waals surface area contributed by atoms with Gasteiger partial charge in [-0.15, -0.1) is 0 Å². The van der Waals surface area contributed by atoms with Crippen LogP contribution in [-0.2, 0) is 4.79 Å². The maximum absolute atomic E-state index is 10.3. The standard InChI is InChI=1S/C7H8O2S/c8-7(9)5-2-1-3-6(10)4-5/h1-2,4,6,10H,3H2,(H,8,9). The number of allylic oxidation sites excluding steroid dienone is 1. The van der Waals surface area contributed by atoms with E-state index in [9.17, 15) is 4.79 Å². The van der Waals surface area contributed by atoms with Gasteiger partial charge in [0, 0.05) is 5.25 Å². The second-order valence-electron chi connectivity index (χ2n) is 2.13. The van der Waals surface area contributed by atoms with Gasteiger partial charge in [-0.2, -0.15) is 12.6 Å². The molecule has 0 aromatic carbocycles. The first-order valence-electron chi connectivity index (χ1n) is 3.00. The lowest BCUT2D eigenvalue weighted by molar-refractivity contribution is -0.132. The number of hydrogen-bond acceptors (Lipinski definition) is 2. The van der Waals surface area contributed by atoms with E-state index in [1.165, 1.54) is 0 Å². The summed E-state index contributed by atoms with van der Waals surface area (Å²) in [7, 11) is 0. The number of hydrogen-bond donors (Lipinski definition) is 2. The first-order chi connectivity index (χ1) is 4.70. The van der Waals surface area contributed by atoms with Gasteiger partial charge in [-0.3, -0.25) is 0 Å². The molecular weight excluding hydrogens is 148 g/mol.